The van der Waals surface area contributed by atoms with Gasteiger partial charge in [0.05, 0.1) is 5.75 Å². The van der Waals surface area contributed by atoms with E-state index in [0.29, 0.717) is 21.7 Å². The summed E-state index contributed by atoms with van der Waals surface area (Å²) in [4.78, 5) is 16.0. The molecule has 2 aromatic rings. The number of nitrogens with zero attached hydrogens (tertiary/aromatic N) is 2. The van der Waals surface area contributed by atoms with Gasteiger partial charge in [0.1, 0.15) is 4.60 Å². The number of aryl methyl sites for hydroxylation is 1. The summed E-state index contributed by atoms with van der Waals surface area (Å²) in [6, 6.07) is 6.42. The second-order valence-electron chi connectivity index (χ2n) is 4.35. The molecule has 1 aromatic carbocycles. The van der Waals surface area contributed by atoms with Gasteiger partial charge in [0, 0.05) is 17.8 Å². The molecule has 112 valence electrons. The van der Waals surface area contributed by atoms with Gasteiger partial charge in [-0.1, -0.05) is 23.7 Å². The second-order valence-corrected chi connectivity index (χ2v) is 7.50. The van der Waals surface area contributed by atoms with Crippen LogP contribution < -0.4 is 5.56 Å². The van der Waals surface area contributed by atoms with E-state index in [1.165, 1.54) is 10.8 Å². The Morgan fingerprint density at radius 3 is 2.48 bits per heavy atom. The normalized spacial score (nSPS) is 11.6. The first-order valence-corrected chi connectivity index (χ1v) is 8.90. The lowest BCUT2D eigenvalue weighted by atomic mass is 10.2. The van der Waals surface area contributed by atoms with Crippen LogP contribution in [0.3, 0.4) is 0 Å². The van der Waals surface area contributed by atoms with Crippen LogP contribution in [0.4, 0.5) is 0 Å². The van der Waals surface area contributed by atoms with Gasteiger partial charge in [-0.3, -0.25) is 4.79 Å². The zero-order valence-electron chi connectivity index (χ0n) is 11.1. The van der Waals surface area contributed by atoms with Gasteiger partial charge >= 0.3 is 0 Å². The molecule has 0 amide bonds. The topological polar surface area (TPSA) is 69.0 Å². The minimum absolute atomic E-state index is 0.299. The van der Waals surface area contributed by atoms with E-state index in [9.17, 15) is 13.2 Å². The second kappa shape index (κ2) is 6.29. The van der Waals surface area contributed by atoms with Crippen LogP contribution in [0.5, 0.6) is 0 Å². The van der Waals surface area contributed by atoms with Crippen molar-refractivity contribution in [3.05, 3.63) is 56.0 Å². The number of aromatic nitrogens is 2. The summed E-state index contributed by atoms with van der Waals surface area (Å²) in [5, 5.41) is 0.0683. The van der Waals surface area contributed by atoms with Crippen LogP contribution in [-0.4, -0.2) is 18.0 Å². The molecule has 0 atom stereocenters. The Hall–Kier alpha value is -1.18. The number of hydrogen-bond donors (Lipinski definition) is 0. The summed E-state index contributed by atoms with van der Waals surface area (Å²) in [5.41, 5.74) is -0.0710. The average molecular weight is 392 g/mol. The molecule has 0 fully saturated rings. The van der Waals surface area contributed by atoms with Crippen molar-refractivity contribution < 1.29 is 8.42 Å². The smallest absolute Gasteiger partial charge is 0.288 e. The highest BCUT2D eigenvalue weighted by molar-refractivity contribution is 9.10. The van der Waals surface area contributed by atoms with Crippen LogP contribution in [0.15, 0.2) is 44.9 Å². The van der Waals surface area contributed by atoms with Crippen LogP contribution in [0.2, 0.25) is 5.02 Å². The molecule has 1 aromatic heterocycles. The molecule has 21 heavy (non-hydrogen) atoms. The standard InChI is InChI=1S/C13H12BrClN2O3S/c1-2-17-7-11(14)16-12(13(17)18)21(19,20)8-9-3-5-10(15)6-4-9/h3-7H,2,8H2,1H3. The van der Waals surface area contributed by atoms with Crippen molar-refractivity contribution in [1.82, 2.24) is 9.55 Å². The van der Waals surface area contributed by atoms with E-state index in [-0.39, 0.29) is 5.75 Å². The molecule has 0 aliphatic heterocycles. The molecular formula is C13H12BrClN2O3S. The fourth-order valence-electron chi connectivity index (χ4n) is 1.79. The Kier molecular flexibility index (Phi) is 4.85. The molecule has 1 heterocycles. The van der Waals surface area contributed by atoms with Crippen molar-refractivity contribution in [3.63, 3.8) is 0 Å². The van der Waals surface area contributed by atoms with E-state index >= 15 is 0 Å². The van der Waals surface area contributed by atoms with Crippen molar-refractivity contribution >= 4 is 37.4 Å². The Morgan fingerprint density at radius 2 is 1.90 bits per heavy atom. The van der Waals surface area contributed by atoms with E-state index in [0.717, 1.165) is 0 Å². The first kappa shape index (κ1) is 16.2. The maximum atomic E-state index is 12.4. The SMILES string of the molecule is CCn1cc(Br)nc(S(=O)(=O)Cc2ccc(Cl)cc2)c1=O. The summed E-state index contributed by atoms with van der Waals surface area (Å²) < 4.78 is 26.4. The number of hydrogen-bond acceptors (Lipinski definition) is 4. The number of halogens is 2. The van der Waals surface area contributed by atoms with Crippen LogP contribution >= 0.6 is 27.5 Å². The largest absolute Gasteiger partial charge is 0.311 e. The molecule has 0 aliphatic rings. The third kappa shape index (κ3) is 3.72. The molecule has 0 aliphatic carbocycles. The van der Waals surface area contributed by atoms with Crippen molar-refractivity contribution in [2.75, 3.05) is 0 Å². The molecule has 0 bridgehead atoms. The van der Waals surface area contributed by atoms with Gasteiger partial charge in [0.2, 0.25) is 14.9 Å². The first-order chi connectivity index (χ1) is 9.83. The highest BCUT2D eigenvalue weighted by atomic mass is 79.9. The lowest BCUT2D eigenvalue weighted by molar-refractivity contribution is 0.582. The molecule has 0 spiro atoms. The maximum absolute atomic E-state index is 12.4. The third-order valence-corrected chi connectivity index (χ3v) is 5.02. The molecule has 0 N–H and O–H groups in total. The monoisotopic (exact) mass is 390 g/mol. The fourth-order valence-corrected chi connectivity index (χ4v) is 3.85. The zero-order valence-corrected chi connectivity index (χ0v) is 14.2. The van der Waals surface area contributed by atoms with Crippen LogP contribution in [-0.2, 0) is 22.1 Å². The molecule has 2 rings (SSSR count). The molecule has 0 saturated carbocycles. The van der Waals surface area contributed by atoms with Gasteiger partial charge in [0.15, 0.2) is 0 Å². The van der Waals surface area contributed by atoms with E-state index in [1.54, 1.807) is 31.2 Å². The summed E-state index contributed by atoms with van der Waals surface area (Å²) in [6.45, 7) is 2.12. The fraction of sp³-hybridized carbons (Fsp3) is 0.231. The van der Waals surface area contributed by atoms with Gasteiger partial charge < -0.3 is 4.57 Å². The summed E-state index contributed by atoms with van der Waals surface area (Å²) >= 11 is 8.89. The highest BCUT2D eigenvalue weighted by Crippen LogP contribution is 2.16. The molecule has 5 nitrogen and oxygen atoms in total. The predicted octanol–water partition coefficient (Wildman–Crippen LogP) is 2.65. The summed E-state index contributed by atoms with van der Waals surface area (Å²) in [5.74, 6) is -0.299. The lowest BCUT2D eigenvalue weighted by Gasteiger charge is -2.07. The Labute approximate surface area is 135 Å². The van der Waals surface area contributed by atoms with E-state index in [4.69, 9.17) is 11.6 Å². The van der Waals surface area contributed by atoms with Crippen molar-refractivity contribution in [3.8, 4) is 0 Å². The Morgan fingerprint density at radius 1 is 1.29 bits per heavy atom. The molecule has 8 heteroatoms. The summed E-state index contributed by atoms with van der Waals surface area (Å²) in [7, 11) is -3.83. The van der Waals surface area contributed by atoms with Crippen molar-refractivity contribution in [2.24, 2.45) is 0 Å². The number of benzene rings is 1. The van der Waals surface area contributed by atoms with Crippen molar-refractivity contribution in [2.45, 2.75) is 24.2 Å². The maximum Gasteiger partial charge on any atom is 0.288 e. The first-order valence-electron chi connectivity index (χ1n) is 6.07. The van der Waals surface area contributed by atoms with Gasteiger partial charge in [-0.2, -0.15) is 0 Å². The number of rotatable bonds is 4. The van der Waals surface area contributed by atoms with E-state index < -0.39 is 20.4 Å². The lowest BCUT2D eigenvalue weighted by Crippen LogP contribution is -2.27. The third-order valence-electron chi connectivity index (χ3n) is 2.82. The highest BCUT2D eigenvalue weighted by Gasteiger charge is 2.23. The Balaban J connectivity index is 2.47. The van der Waals surface area contributed by atoms with Gasteiger partial charge in [-0.05, 0) is 40.5 Å². The molecule has 0 saturated heterocycles. The van der Waals surface area contributed by atoms with Crippen molar-refractivity contribution in [1.29, 1.82) is 0 Å². The Bertz CT molecular complexity index is 816. The minimum Gasteiger partial charge on any atom is -0.311 e. The summed E-state index contributed by atoms with van der Waals surface area (Å²) in [6.07, 6.45) is 1.46. The van der Waals surface area contributed by atoms with Crippen LogP contribution in [0, 0.1) is 0 Å². The van der Waals surface area contributed by atoms with Gasteiger partial charge in [-0.15, -0.1) is 0 Å². The van der Waals surface area contributed by atoms with Crippen LogP contribution in [0.25, 0.3) is 0 Å². The minimum atomic E-state index is -3.83. The predicted molar refractivity (Wildman–Crippen MR) is 84.2 cm³/mol. The average Bonchev–Trinajstić information content (AvgIpc) is 2.43. The van der Waals surface area contributed by atoms with Crippen LogP contribution in [0.1, 0.15) is 12.5 Å². The van der Waals surface area contributed by atoms with Gasteiger partial charge in [-0.25, -0.2) is 13.4 Å². The zero-order chi connectivity index (χ0) is 15.6. The van der Waals surface area contributed by atoms with E-state index in [1.807, 2.05) is 0 Å². The molecule has 0 unspecified atom stereocenters. The number of sulfone groups is 1. The quantitative estimate of drug-likeness (QED) is 0.803. The van der Waals surface area contributed by atoms with Gasteiger partial charge in [0.25, 0.3) is 5.56 Å². The van der Waals surface area contributed by atoms with E-state index in [2.05, 4.69) is 20.9 Å². The molecular weight excluding hydrogens is 380 g/mol. The molecule has 0 radical (unpaired) electrons.